The molecule has 25 heavy (non-hydrogen) atoms. The Morgan fingerprint density at radius 3 is 2.80 bits per heavy atom. The second kappa shape index (κ2) is 8.02. The molecule has 2 atom stereocenters. The van der Waals surface area contributed by atoms with Gasteiger partial charge in [0.2, 0.25) is 5.91 Å². The van der Waals surface area contributed by atoms with Crippen molar-refractivity contribution < 1.29 is 14.1 Å². The first-order valence-corrected chi connectivity index (χ1v) is 9.65. The molecule has 2 heterocycles. The van der Waals surface area contributed by atoms with Crippen LogP contribution in [0.4, 0.5) is 0 Å². The van der Waals surface area contributed by atoms with Gasteiger partial charge in [0.05, 0.1) is 0 Å². The molecular formula is C19H29N3O3. The van der Waals surface area contributed by atoms with Gasteiger partial charge in [-0.05, 0) is 39.0 Å². The van der Waals surface area contributed by atoms with Gasteiger partial charge < -0.3 is 14.7 Å². The maximum absolute atomic E-state index is 12.4. The van der Waals surface area contributed by atoms with Crippen molar-refractivity contribution in [2.75, 3.05) is 6.54 Å². The highest BCUT2D eigenvalue weighted by Crippen LogP contribution is 2.40. The fraction of sp³-hybridized carbons (Fsp3) is 0.737. The van der Waals surface area contributed by atoms with E-state index in [4.69, 9.17) is 4.52 Å². The molecule has 1 aliphatic carbocycles. The molecule has 1 aliphatic heterocycles. The molecule has 6 heteroatoms. The van der Waals surface area contributed by atoms with Gasteiger partial charge >= 0.3 is 0 Å². The van der Waals surface area contributed by atoms with Crippen LogP contribution in [-0.2, 0) is 4.79 Å². The molecule has 6 nitrogen and oxygen atoms in total. The van der Waals surface area contributed by atoms with Gasteiger partial charge in [-0.3, -0.25) is 9.59 Å². The third kappa shape index (κ3) is 4.61. The Kier molecular flexibility index (Phi) is 5.76. The molecule has 1 saturated heterocycles. The smallest absolute Gasteiger partial charge is 0.273 e. The second-order valence-electron chi connectivity index (χ2n) is 7.48. The number of carbonyl (C=O) groups excluding carboxylic acids is 2. The molecule has 2 aliphatic rings. The standard InChI is InChI=1S/C19H29N3O3/c1-3-4-5-6-18(23)22-10-9-15(11-13(22)2)20-19(24)16-12-17(25-21-16)14-7-8-14/h12-15H,3-11H2,1-2H3,(H,20,24)/t13-,15-/m1/s1. The van der Waals surface area contributed by atoms with E-state index in [2.05, 4.69) is 24.3 Å². The highest BCUT2D eigenvalue weighted by atomic mass is 16.5. The molecule has 2 amide bonds. The Bertz CT molecular complexity index is 609. The molecule has 1 saturated carbocycles. The summed E-state index contributed by atoms with van der Waals surface area (Å²) in [4.78, 5) is 26.6. The summed E-state index contributed by atoms with van der Waals surface area (Å²) < 4.78 is 5.25. The van der Waals surface area contributed by atoms with Gasteiger partial charge in [-0.1, -0.05) is 24.9 Å². The molecule has 138 valence electrons. The van der Waals surface area contributed by atoms with Crippen LogP contribution in [0.25, 0.3) is 0 Å². The van der Waals surface area contributed by atoms with Gasteiger partial charge in [-0.25, -0.2) is 0 Å². The zero-order valence-corrected chi connectivity index (χ0v) is 15.3. The minimum atomic E-state index is -0.171. The van der Waals surface area contributed by atoms with E-state index in [1.54, 1.807) is 6.07 Å². The number of nitrogens with zero attached hydrogens (tertiary/aromatic N) is 2. The van der Waals surface area contributed by atoms with E-state index >= 15 is 0 Å². The number of amides is 2. The van der Waals surface area contributed by atoms with Crippen LogP contribution in [0.2, 0.25) is 0 Å². The van der Waals surface area contributed by atoms with Crippen molar-refractivity contribution in [2.45, 2.75) is 83.2 Å². The maximum atomic E-state index is 12.4. The molecule has 0 bridgehead atoms. The zero-order valence-electron chi connectivity index (χ0n) is 15.3. The van der Waals surface area contributed by atoms with Gasteiger partial charge in [0.1, 0.15) is 5.76 Å². The lowest BCUT2D eigenvalue weighted by molar-refractivity contribution is -0.134. The van der Waals surface area contributed by atoms with Crippen molar-refractivity contribution in [1.29, 1.82) is 0 Å². The lowest BCUT2D eigenvalue weighted by Crippen LogP contribution is -2.50. The summed E-state index contributed by atoms with van der Waals surface area (Å²) in [7, 11) is 0. The van der Waals surface area contributed by atoms with E-state index in [9.17, 15) is 9.59 Å². The first kappa shape index (κ1) is 18.0. The number of rotatable bonds is 7. The number of piperidine rings is 1. The molecule has 0 radical (unpaired) electrons. The SMILES string of the molecule is CCCCCC(=O)N1CC[C@@H](NC(=O)c2cc(C3CC3)on2)C[C@H]1C. The topological polar surface area (TPSA) is 75.4 Å². The quantitative estimate of drug-likeness (QED) is 0.768. The van der Waals surface area contributed by atoms with Crippen molar-refractivity contribution in [3.63, 3.8) is 0 Å². The molecule has 0 spiro atoms. The number of hydrogen-bond acceptors (Lipinski definition) is 4. The van der Waals surface area contributed by atoms with Gasteiger partial charge in [0.25, 0.3) is 5.91 Å². The summed E-state index contributed by atoms with van der Waals surface area (Å²) in [5.74, 6) is 1.36. The van der Waals surface area contributed by atoms with Gasteiger partial charge in [-0.15, -0.1) is 0 Å². The number of carbonyl (C=O) groups is 2. The monoisotopic (exact) mass is 347 g/mol. The van der Waals surface area contributed by atoms with Crippen molar-refractivity contribution in [2.24, 2.45) is 0 Å². The number of hydrogen-bond donors (Lipinski definition) is 1. The van der Waals surface area contributed by atoms with E-state index in [1.807, 2.05) is 4.90 Å². The van der Waals surface area contributed by atoms with E-state index in [1.165, 1.54) is 0 Å². The summed E-state index contributed by atoms with van der Waals surface area (Å²) in [5, 5.41) is 6.95. The summed E-state index contributed by atoms with van der Waals surface area (Å²) in [6.45, 7) is 4.92. The van der Waals surface area contributed by atoms with Crippen molar-refractivity contribution in [3.05, 3.63) is 17.5 Å². The van der Waals surface area contributed by atoms with Gasteiger partial charge in [-0.2, -0.15) is 0 Å². The Morgan fingerprint density at radius 1 is 1.32 bits per heavy atom. The van der Waals surface area contributed by atoms with Crippen LogP contribution in [0.3, 0.4) is 0 Å². The minimum Gasteiger partial charge on any atom is -0.360 e. The van der Waals surface area contributed by atoms with Crippen LogP contribution in [0.15, 0.2) is 10.6 Å². The summed E-state index contributed by atoms with van der Waals surface area (Å²) in [5.41, 5.74) is 0.368. The van der Waals surface area contributed by atoms with E-state index < -0.39 is 0 Å². The minimum absolute atomic E-state index is 0.0864. The molecular weight excluding hydrogens is 318 g/mol. The highest BCUT2D eigenvalue weighted by molar-refractivity contribution is 5.92. The average Bonchev–Trinajstić information content (AvgIpc) is 3.32. The van der Waals surface area contributed by atoms with Gasteiger partial charge in [0, 0.05) is 37.0 Å². The van der Waals surface area contributed by atoms with Crippen LogP contribution in [-0.4, -0.2) is 40.5 Å². The van der Waals surface area contributed by atoms with E-state index in [0.717, 1.165) is 50.7 Å². The predicted octanol–water partition coefficient (Wildman–Crippen LogP) is 3.24. The molecule has 1 N–H and O–H groups in total. The second-order valence-corrected chi connectivity index (χ2v) is 7.48. The number of nitrogens with one attached hydrogen (secondary N) is 1. The lowest BCUT2D eigenvalue weighted by Gasteiger charge is -2.38. The first-order valence-electron chi connectivity index (χ1n) is 9.65. The largest absolute Gasteiger partial charge is 0.360 e. The zero-order chi connectivity index (χ0) is 17.8. The first-order chi connectivity index (χ1) is 12.1. The van der Waals surface area contributed by atoms with Crippen molar-refractivity contribution in [3.8, 4) is 0 Å². The average molecular weight is 347 g/mol. The number of unbranched alkanes of at least 4 members (excludes halogenated alkanes) is 2. The Balaban J connectivity index is 1.47. The molecule has 2 fully saturated rings. The predicted molar refractivity (Wildman–Crippen MR) is 94.3 cm³/mol. The van der Waals surface area contributed by atoms with Crippen molar-refractivity contribution in [1.82, 2.24) is 15.4 Å². The van der Waals surface area contributed by atoms with Crippen LogP contribution in [0.1, 0.15) is 87.4 Å². The number of aromatic nitrogens is 1. The Morgan fingerprint density at radius 2 is 2.12 bits per heavy atom. The van der Waals surface area contributed by atoms with E-state index in [-0.39, 0.29) is 23.9 Å². The maximum Gasteiger partial charge on any atom is 0.273 e. The normalized spacial score (nSPS) is 23.5. The number of likely N-dealkylation sites (tertiary alicyclic amines) is 1. The fourth-order valence-corrected chi connectivity index (χ4v) is 3.56. The molecule has 1 aromatic heterocycles. The van der Waals surface area contributed by atoms with Crippen LogP contribution >= 0.6 is 0 Å². The van der Waals surface area contributed by atoms with E-state index in [0.29, 0.717) is 24.6 Å². The third-order valence-electron chi connectivity index (χ3n) is 5.27. The highest BCUT2D eigenvalue weighted by Gasteiger charge is 2.31. The Hall–Kier alpha value is -1.85. The van der Waals surface area contributed by atoms with Crippen LogP contribution < -0.4 is 5.32 Å². The molecule has 3 rings (SSSR count). The van der Waals surface area contributed by atoms with Gasteiger partial charge in [0.15, 0.2) is 5.69 Å². The summed E-state index contributed by atoms with van der Waals surface area (Å²) in [6.07, 6.45) is 7.67. The summed E-state index contributed by atoms with van der Waals surface area (Å²) in [6, 6.07) is 2.01. The molecule has 1 aromatic rings. The lowest BCUT2D eigenvalue weighted by atomic mass is 9.97. The fourth-order valence-electron chi connectivity index (χ4n) is 3.56. The molecule has 0 aromatic carbocycles. The van der Waals surface area contributed by atoms with Crippen LogP contribution in [0.5, 0.6) is 0 Å². The molecule has 0 unspecified atom stereocenters. The Labute approximate surface area is 149 Å². The summed E-state index contributed by atoms with van der Waals surface area (Å²) >= 11 is 0. The van der Waals surface area contributed by atoms with Crippen molar-refractivity contribution >= 4 is 11.8 Å². The van der Waals surface area contributed by atoms with Crippen LogP contribution in [0, 0.1) is 0 Å². The third-order valence-corrected chi connectivity index (χ3v) is 5.27.